The molecule has 162 valence electrons. The lowest BCUT2D eigenvalue weighted by Gasteiger charge is -2.23. The Morgan fingerprint density at radius 1 is 1.19 bits per heavy atom. The molecule has 1 aliphatic rings. The number of hydrogen-bond acceptors (Lipinski definition) is 12. The van der Waals surface area contributed by atoms with Gasteiger partial charge in [0.05, 0.1) is 19.8 Å². The molecule has 1 aliphatic heterocycles. The summed E-state index contributed by atoms with van der Waals surface area (Å²) in [5.41, 5.74) is 6.45. The van der Waals surface area contributed by atoms with E-state index in [-0.39, 0.29) is 38.9 Å². The minimum absolute atomic E-state index is 0.126. The summed E-state index contributed by atoms with van der Waals surface area (Å²) in [4.78, 5) is 24.5. The Labute approximate surface area is 184 Å². The number of carbonyl (C=O) groups excluding carboxylic acids is 2. The van der Waals surface area contributed by atoms with Gasteiger partial charge in [-0.25, -0.2) is 9.59 Å². The van der Waals surface area contributed by atoms with Gasteiger partial charge in [-0.1, -0.05) is 23.9 Å². The second-order valence-corrected chi connectivity index (χ2v) is 8.17. The lowest BCUT2D eigenvalue weighted by molar-refractivity contribution is 0.0601. The summed E-state index contributed by atoms with van der Waals surface area (Å²) in [6, 6.07) is 7.29. The molecule has 2 N–H and O–H groups in total. The van der Waals surface area contributed by atoms with Gasteiger partial charge in [0, 0.05) is 11.3 Å². The molecule has 1 aromatic carbocycles. The Kier molecular flexibility index (Phi) is 6.00. The Hall–Kier alpha value is -3.25. The number of methoxy groups -OCH3 is 2. The lowest BCUT2D eigenvalue weighted by atomic mass is 10.1. The van der Waals surface area contributed by atoms with Gasteiger partial charge in [0.1, 0.15) is 16.5 Å². The summed E-state index contributed by atoms with van der Waals surface area (Å²) in [5.74, 6) is 0.411. The number of fused-ring (bicyclic) bond motifs is 1. The molecule has 0 bridgehead atoms. The second-order valence-electron chi connectivity index (χ2n) is 6.19. The molecule has 0 aliphatic carbocycles. The van der Waals surface area contributed by atoms with Gasteiger partial charge < -0.3 is 29.1 Å². The Morgan fingerprint density at radius 3 is 2.68 bits per heavy atom. The molecule has 0 saturated carbocycles. The van der Waals surface area contributed by atoms with E-state index in [4.69, 9.17) is 29.1 Å². The SMILES string of the molecule is COC(=O)c1sc(N)c(C(=O)OC)c1CSc1nnc(C2COc3ccccc3O2)o1. The van der Waals surface area contributed by atoms with Crippen LogP contribution in [-0.4, -0.2) is 43.0 Å². The van der Waals surface area contributed by atoms with Crippen LogP contribution in [-0.2, 0) is 15.2 Å². The average Bonchev–Trinajstić information content (AvgIpc) is 3.40. The van der Waals surface area contributed by atoms with Crippen molar-refractivity contribution in [2.75, 3.05) is 26.6 Å². The quantitative estimate of drug-likeness (QED) is 0.426. The minimum atomic E-state index is -0.642. The van der Waals surface area contributed by atoms with E-state index in [9.17, 15) is 9.59 Å². The van der Waals surface area contributed by atoms with E-state index in [0.29, 0.717) is 17.1 Å². The normalized spacial score (nSPS) is 14.8. The first-order valence-corrected chi connectivity index (χ1v) is 10.7. The zero-order valence-corrected chi connectivity index (χ0v) is 18.1. The highest BCUT2D eigenvalue weighted by molar-refractivity contribution is 7.98. The van der Waals surface area contributed by atoms with Crippen LogP contribution in [0.4, 0.5) is 5.00 Å². The van der Waals surface area contributed by atoms with Gasteiger partial charge in [0.2, 0.25) is 6.10 Å². The third kappa shape index (κ3) is 4.16. The zero-order chi connectivity index (χ0) is 22.0. The molecule has 12 heteroatoms. The Balaban J connectivity index is 1.51. The van der Waals surface area contributed by atoms with E-state index < -0.39 is 18.0 Å². The van der Waals surface area contributed by atoms with E-state index in [1.165, 1.54) is 14.2 Å². The van der Waals surface area contributed by atoms with Crippen molar-refractivity contribution in [1.29, 1.82) is 0 Å². The van der Waals surface area contributed by atoms with Crippen molar-refractivity contribution in [2.45, 2.75) is 17.1 Å². The maximum atomic E-state index is 12.2. The van der Waals surface area contributed by atoms with Crippen molar-refractivity contribution in [2.24, 2.45) is 0 Å². The number of hydrogen-bond donors (Lipinski definition) is 1. The largest absolute Gasteiger partial charge is 0.485 e. The van der Waals surface area contributed by atoms with E-state index >= 15 is 0 Å². The van der Waals surface area contributed by atoms with E-state index in [1.807, 2.05) is 18.2 Å². The molecule has 3 aromatic rings. The zero-order valence-electron chi connectivity index (χ0n) is 16.4. The summed E-state index contributed by atoms with van der Waals surface area (Å²) in [6.45, 7) is 0.226. The predicted molar refractivity (Wildman–Crippen MR) is 111 cm³/mol. The molecule has 31 heavy (non-hydrogen) atoms. The number of nitrogens with zero attached hydrogens (tertiary/aromatic N) is 2. The van der Waals surface area contributed by atoms with Crippen LogP contribution in [0.25, 0.3) is 0 Å². The van der Waals surface area contributed by atoms with Crippen molar-refractivity contribution in [3.8, 4) is 11.5 Å². The van der Waals surface area contributed by atoms with Crippen LogP contribution in [0.1, 0.15) is 37.6 Å². The number of benzene rings is 1. The molecule has 0 amide bonds. The maximum absolute atomic E-state index is 12.2. The number of anilines is 1. The molecule has 0 saturated heterocycles. The van der Waals surface area contributed by atoms with Crippen LogP contribution in [0.3, 0.4) is 0 Å². The number of esters is 2. The van der Waals surface area contributed by atoms with Gasteiger partial charge in [0.15, 0.2) is 11.5 Å². The van der Waals surface area contributed by atoms with Gasteiger partial charge in [0.25, 0.3) is 11.1 Å². The molecule has 0 spiro atoms. The van der Waals surface area contributed by atoms with Crippen LogP contribution < -0.4 is 15.2 Å². The van der Waals surface area contributed by atoms with Gasteiger partial charge in [-0.3, -0.25) is 0 Å². The average molecular weight is 463 g/mol. The maximum Gasteiger partial charge on any atom is 0.348 e. The topological polar surface area (TPSA) is 136 Å². The number of carbonyl (C=O) groups is 2. The van der Waals surface area contributed by atoms with Crippen LogP contribution in [0.15, 0.2) is 33.9 Å². The number of thiophene rings is 1. The summed E-state index contributed by atoms with van der Waals surface area (Å²) >= 11 is 2.10. The van der Waals surface area contributed by atoms with Gasteiger partial charge in [-0.05, 0) is 12.1 Å². The number of thioether (sulfide) groups is 1. The number of ether oxygens (including phenoxy) is 4. The first-order valence-electron chi connectivity index (χ1n) is 8.94. The van der Waals surface area contributed by atoms with E-state index in [0.717, 1.165) is 23.1 Å². The summed E-state index contributed by atoms with van der Waals surface area (Å²) in [6.07, 6.45) is -0.551. The highest BCUT2D eigenvalue weighted by atomic mass is 32.2. The number of para-hydroxylation sites is 2. The molecule has 2 aromatic heterocycles. The van der Waals surface area contributed by atoms with Gasteiger partial charge in [-0.2, -0.15) is 0 Å². The lowest BCUT2D eigenvalue weighted by Crippen LogP contribution is -2.21. The predicted octanol–water partition coefficient (Wildman–Crippen LogP) is 3.09. The molecule has 10 nitrogen and oxygen atoms in total. The van der Waals surface area contributed by atoms with Gasteiger partial charge >= 0.3 is 11.9 Å². The molecular formula is C19H17N3O7S2. The molecule has 3 heterocycles. The van der Waals surface area contributed by atoms with Crippen LogP contribution in [0.5, 0.6) is 11.5 Å². The third-order valence-corrected chi connectivity index (χ3v) is 6.23. The molecular weight excluding hydrogens is 446 g/mol. The molecule has 0 fully saturated rings. The number of rotatable bonds is 6. The number of nitrogens with two attached hydrogens (primary N) is 1. The number of nitrogen functional groups attached to an aromatic ring is 1. The fourth-order valence-corrected chi connectivity index (χ4v) is 4.77. The monoisotopic (exact) mass is 463 g/mol. The van der Waals surface area contributed by atoms with Crippen molar-refractivity contribution in [3.63, 3.8) is 0 Å². The molecule has 4 rings (SSSR count). The summed E-state index contributed by atoms with van der Waals surface area (Å²) < 4.78 is 26.8. The first-order chi connectivity index (χ1) is 15.0. The van der Waals surface area contributed by atoms with Crippen LogP contribution >= 0.6 is 23.1 Å². The van der Waals surface area contributed by atoms with Crippen LogP contribution in [0.2, 0.25) is 0 Å². The van der Waals surface area contributed by atoms with Crippen molar-refractivity contribution in [1.82, 2.24) is 10.2 Å². The van der Waals surface area contributed by atoms with Crippen molar-refractivity contribution < 1.29 is 33.0 Å². The van der Waals surface area contributed by atoms with Crippen LogP contribution in [0, 0.1) is 0 Å². The van der Waals surface area contributed by atoms with Crippen molar-refractivity contribution in [3.05, 3.63) is 46.2 Å². The van der Waals surface area contributed by atoms with E-state index in [2.05, 4.69) is 10.2 Å². The molecule has 1 unspecified atom stereocenters. The third-order valence-electron chi connectivity index (χ3n) is 4.34. The van der Waals surface area contributed by atoms with E-state index in [1.54, 1.807) is 6.07 Å². The first kappa shape index (κ1) is 21.0. The second kappa shape index (κ2) is 8.86. The van der Waals surface area contributed by atoms with Gasteiger partial charge in [-0.15, -0.1) is 21.5 Å². The Morgan fingerprint density at radius 2 is 1.94 bits per heavy atom. The van der Waals surface area contributed by atoms with Crippen molar-refractivity contribution >= 4 is 40.0 Å². The summed E-state index contributed by atoms with van der Waals surface area (Å²) in [5, 5.41) is 8.44. The standard InChI is InChI=1S/C19H17N3O7S2/c1-25-17(23)13-9(14(18(24)26-2)31-15(13)20)8-30-19-22-21-16(29-19)12-7-27-10-5-3-4-6-11(10)28-12/h3-6,12H,7-8,20H2,1-2H3. The Bertz CT molecular complexity index is 1130. The fraction of sp³-hybridized carbons (Fsp3) is 0.263. The fourth-order valence-electron chi connectivity index (χ4n) is 2.89. The number of aromatic nitrogens is 2. The highest BCUT2D eigenvalue weighted by Gasteiger charge is 2.29. The minimum Gasteiger partial charge on any atom is -0.485 e. The summed E-state index contributed by atoms with van der Waals surface area (Å²) in [7, 11) is 2.49. The smallest absolute Gasteiger partial charge is 0.348 e. The molecule has 1 atom stereocenters. The highest BCUT2D eigenvalue weighted by Crippen LogP contribution is 2.38. The molecule has 0 radical (unpaired) electrons.